The van der Waals surface area contributed by atoms with E-state index in [1.165, 1.54) is 0 Å². The highest BCUT2D eigenvalue weighted by atomic mass is 35.5. The van der Waals surface area contributed by atoms with Gasteiger partial charge in [0, 0.05) is 0 Å². The predicted molar refractivity (Wildman–Crippen MR) is 23.8 cm³/mol. The first kappa shape index (κ1) is 16.2. The zero-order valence-corrected chi connectivity index (χ0v) is 4.42. The summed E-state index contributed by atoms with van der Waals surface area (Å²) in [5.41, 5.74) is 0. The van der Waals surface area contributed by atoms with E-state index in [4.69, 9.17) is 13.3 Å². The van der Waals surface area contributed by atoms with Crippen LogP contribution in [0, 0.1) is 0 Å². The fourth-order valence-electron chi connectivity index (χ4n) is 0. The van der Waals surface area contributed by atoms with Crippen LogP contribution in [0.5, 0.6) is 0 Å². The Hall–Kier alpha value is 0.320. The minimum absolute atomic E-state index is 0. The van der Waals surface area contributed by atoms with Crippen LogP contribution in [-0.4, -0.2) is 13.3 Å². The second kappa shape index (κ2) is 9.01. The molecule has 0 saturated heterocycles. The molecule has 0 amide bonds. The van der Waals surface area contributed by atoms with Crippen molar-refractivity contribution >= 4 is 23.8 Å². The van der Waals surface area contributed by atoms with Crippen LogP contribution in [0.4, 0.5) is 0 Å². The first-order valence-electron chi connectivity index (χ1n) is 0.516. The zero-order chi connectivity index (χ0) is 3.58. The lowest BCUT2D eigenvalue weighted by Crippen LogP contribution is -1.75. The Morgan fingerprint density at radius 1 is 1.67 bits per heavy atom. The van der Waals surface area contributed by atoms with Gasteiger partial charge in [0.1, 0.15) is 0 Å². The molecule has 0 saturated carbocycles. The molecule has 0 heterocycles. The van der Waals surface area contributed by atoms with E-state index in [1.54, 1.807) is 0 Å². The van der Waals surface area contributed by atoms with Gasteiger partial charge in [-0.25, -0.2) is 4.21 Å². The number of hydrogen-bond donors (Lipinski definition) is 2. The van der Waals surface area contributed by atoms with Crippen molar-refractivity contribution in [1.29, 1.82) is 0 Å². The van der Waals surface area contributed by atoms with Gasteiger partial charge in [-0.2, -0.15) is 0 Å². The Morgan fingerprint density at radius 3 is 1.67 bits per heavy atom. The summed E-state index contributed by atoms with van der Waals surface area (Å²) in [6.07, 6.45) is 0. The van der Waals surface area contributed by atoms with Gasteiger partial charge >= 0.3 is 0 Å². The van der Waals surface area contributed by atoms with Crippen molar-refractivity contribution in [2.24, 2.45) is 0 Å². The molecule has 0 aromatic carbocycles. The van der Waals surface area contributed by atoms with Gasteiger partial charge in [0.25, 0.3) is 0 Å². The molecule has 0 radical (unpaired) electrons. The van der Waals surface area contributed by atoms with E-state index in [0.717, 1.165) is 0 Å². The Balaban J connectivity index is -0.0000000450. The Morgan fingerprint density at radius 2 is 1.67 bits per heavy atom. The van der Waals surface area contributed by atoms with Crippen molar-refractivity contribution in [3.63, 3.8) is 0 Å². The monoisotopic (exact) mass is 134 g/mol. The smallest absolute Gasteiger partial charge is 0.0814 e. The summed E-state index contributed by atoms with van der Waals surface area (Å²) in [7, 11) is 0. The van der Waals surface area contributed by atoms with Crippen LogP contribution in [0.3, 0.4) is 0 Å². The van der Waals surface area contributed by atoms with E-state index < -0.39 is 11.4 Å². The molecule has 0 aromatic rings. The lowest BCUT2D eigenvalue weighted by Gasteiger charge is -1.83. The molecule has 0 aromatic heterocycles. The standard InChI is InChI=1S/ClH.H3N.H2O3S/c;;1-4(2)3/h1H;1H3;(H2,1,2,3)/p-1. The van der Waals surface area contributed by atoms with Gasteiger partial charge in [0.2, 0.25) is 0 Å². The Labute approximate surface area is 44.0 Å². The Bertz CT molecular complexity index is 33.8. The third-order valence-electron chi connectivity index (χ3n) is 0. The largest absolute Gasteiger partial charge is 0.750 e. The Kier molecular flexibility index (Phi) is 24.4. The summed E-state index contributed by atoms with van der Waals surface area (Å²) in [6.45, 7) is 0. The second-order valence-corrected chi connectivity index (χ2v) is 0.651. The third kappa shape index (κ3) is 465. The molecule has 0 aliphatic heterocycles. The normalized spacial score (nSPS) is 10.3. The number of halogens is 1. The van der Waals surface area contributed by atoms with Crippen molar-refractivity contribution in [1.82, 2.24) is 6.15 Å². The third-order valence-corrected chi connectivity index (χ3v) is 0. The van der Waals surface area contributed by atoms with Crippen LogP contribution in [0.1, 0.15) is 0 Å². The average Bonchev–Trinajstić information content (AvgIpc) is 0.811. The molecule has 6 heavy (non-hydrogen) atoms. The maximum Gasteiger partial charge on any atom is 0.0814 e. The molecule has 0 spiro atoms. The second-order valence-electron chi connectivity index (χ2n) is 0.217. The average molecular weight is 135 g/mol. The first-order valence-corrected chi connectivity index (χ1v) is 1.55. The molecule has 4 nitrogen and oxygen atoms in total. The maximum atomic E-state index is 8.56. The highest BCUT2D eigenvalue weighted by molar-refractivity contribution is 7.73. The van der Waals surface area contributed by atoms with Crippen LogP contribution < -0.4 is 6.15 Å². The van der Waals surface area contributed by atoms with Gasteiger partial charge in [-0.1, -0.05) is 0 Å². The molecular formula is H5ClNO3S-. The molecular weight excluding hydrogens is 130 g/mol. The molecule has 1 unspecified atom stereocenters. The van der Waals surface area contributed by atoms with E-state index in [1.807, 2.05) is 0 Å². The highest BCUT2D eigenvalue weighted by Gasteiger charge is 1.42. The molecule has 0 fully saturated rings. The van der Waals surface area contributed by atoms with Crippen molar-refractivity contribution in [3.05, 3.63) is 0 Å². The van der Waals surface area contributed by atoms with Gasteiger partial charge in [0.05, 0.1) is 11.4 Å². The summed E-state index contributed by atoms with van der Waals surface area (Å²) in [6, 6.07) is 0. The molecule has 4 N–H and O–H groups in total. The lowest BCUT2D eigenvalue weighted by molar-refractivity contribution is 0.436. The molecule has 42 valence electrons. The molecule has 6 heteroatoms. The summed E-state index contributed by atoms with van der Waals surface area (Å²) in [5, 5.41) is 0. The molecule has 1 atom stereocenters. The van der Waals surface area contributed by atoms with Gasteiger partial charge in [-0.05, 0) is 0 Å². The number of hydrogen-bond acceptors (Lipinski definition) is 3. The number of rotatable bonds is 0. The summed E-state index contributed by atoms with van der Waals surface area (Å²) >= 11 is -2.86. The minimum atomic E-state index is -2.86. The molecule has 0 rings (SSSR count). The molecule has 0 aliphatic rings. The predicted octanol–water partition coefficient (Wildman–Crippen LogP) is -0.0777. The van der Waals surface area contributed by atoms with Crippen LogP contribution in [0.15, 0.2) is 0 Å². The zero-order valence-electron chi connectivity index (χ0n) is 2.79. The lowest BCUT2D eigenvalue weighted by atomic mass is 14.0. The van der Waals surface area contributed by atoms with Crippen LogP contribution in [0.2, 0.25) is 0 Å². The fraction of sp³-hybridized carbons (Fsp3) is 0. The van der Waals surface area contributed by atoms with Crippen molar-refractivity contribution in [2.45, 2.75) is 0 Å². The summed E-state index contributed by atoms with van der Waals surface area (Å²) in [5.74, 6) is 0. The van der Waals surface area contributed by atoms with Gasteiger partial charge in [-0.15, -0.1) is 12.4 Å². The van der Waals surface area contributed by atoms with Gasteiger partial charge < -0.3 is 15.3 Å². The molecule has 0 aliphatic carbocycles. The quantitative estimate of drug-likeness (QED) is 0.453. The van der Waals surface area contributed by atoms with Crippen LogP contribution in [0.25, 0.3) is 0 Å². The van der Waals surface area contributed by atoms with Crippen molar-refractivity contribution < 1.29 is 13.3 Å². The minimum Gasteiger partial charge on any atom is -0.750 e. The van der Waals surface area contributed by atoms with E-state index >= 15 is 0 Å². The maximum absolute atomic E-state index is 8.56. The first-order chi connectivity index (χ1) is 1.73. The van der Waals surface area contributed by atoms with E-state index in [0.29, 0.717) is 0 Å². The van der Waals surface area contributed by atoms with Crippen molar-refractivity contribution in [3.8, 4) is 0 Å². The van der Waals surface area contributed by atoms with Gasteiger partial charge in [-0.3, -0.25) is 0 Å². The van der Waals surface area contributed by atoms with Crippen LogP contribution in [-0.2, 0) is 11.4 Å². The highest BCUT2D eigenvalue weighted by Crippen LogP contribution is 1.43. The van der Waals surface area contributed by atoms with Crippen LogP contribution >= 0.6 is 12.4 Å². The van der Waals surface area contributed by atoms with Crippen molar-refractivity contribution in [2.75, 3.05) is 0 Å². The summed E-state index contributed by atoms with van der Waals surface area (Å²) in [4.78, 5) is 0. The topological polar surface area (TPSA) is 95.4 Å². The SMILES string of the molecule is Cl.N.O=S([O-])O. The molecule has 0 bridgehead atoms. The summed E-state index contributed by atoms with van der Waals surface area (Å²) < 4.78 is 24.1. The van der Waals surface area contributed by atoms with E-state index in [-0.39, 0.29) is 18.6 Å². The van der Waals surface area contributed by atoms with Gasteiger partial charge in [0.15, 0.2) is 0 Å². The van der Waals surface area contributed by atoms with E-state index in [9.17, 15) is 0 Å². The van der Waals surface area contributed by atoms with E-state index in [2.05, 4.69) is 0 Å². The fourth-order valence-corrected chi connectivity index (χ4v) is 0.